The summed E-state index contributed by atoms with van der Waals surface area (Å²) in [5, 5.41) is 5.61. The van der Waals surface area contributed by atoms with Crippen molar-refractivity contribution in [3.63, 3.8) is 0 Å². The van der Waals surface area contributed by atoms with Crippen LogP contribution in [0.25, 0.3) is 0 Å². The van der Waals surface area contributed by atoms with Gasteiger partial charge in [0.15, 0.2) is 0 Å². The van der Waals surface area contributed by atoms with E-state index >= 15 is 0 Å². The molecule has 7 heteroatoms. The van der Waals surface area contributed by atoms with Gasteiger partial charge in [-0.15, -0.1) is 0 Å². The number of anilines is 2. The van der Waals surface area contributed by atoms with Gasteiger partial charge < -0.3 is 20.1 Å². The third-order valence-corrected chi connectivity index (χ3v) is 5.06. The Morgan fingerprint density at radius 3 is 2.54 bits per heavy atom. The summed E-state index contributed by atoms with van der Waals surface area (Å²) in [6.45, 7) is 4.09. The maximum absolute atomic E-state index is 12.4. The number of benzene rings is 1. The fourth-order valence-corrected chi connectivity index (χ4v) is 3.93. The van der Waals surface area contributed by atoms with Crippen molar-refractivity contribution in [2.75, 3.05) is 44.0 Å². The predicted octanol–water partition coefficient (Wildman–Crippen LogP) is 1.85. The quantitative estimate of drug-likeness (QED) is 0.837. The van der Waals surface area contributed by atoms with Crippen LogP contribution in [0.5, 0.6) is 0 Å². The van der Waals surface area contributed by atoms with Crippen LogP contribution in [-0.4, -0.2) is 61.8 Å². The van der Waals surface area contributed by atoms with Gasteiger partial charge in [-0.1, -0.05) is 0 Å². The highest BCUT2D eigenvalue weighted by molar-refractivity contribution is 5.93. The van der Waals surface area contributed by atoms with Crippen LogP contribution in [0.4, 0.5) is 11.4 Å². The van der Waals surface area contributed by atoms with E-state index in [0.717, 1.165) is 39.0 Å². The molecule has 1 aromatic rings. The number of hydrogen-bond acceptors (Lipinski definition) is 5. The topological polar surface area (TPSA) is 79.9 Å². The highest BCUT2D eigenvalue weighted by Crippen LogP contribution is 2.36. The molecule has 3 rings (SSSR count). The minimum atomic E-state index is -0.271. The molecule has 7 nitrogen and oxygen atoms in total. The Morgan fingerprint density at radius 1 is 1.27 bits per heavy atom. The number of likely N-dealkylation sites (tertiary alicyclic amines) is 1. The molecular weight excluding hydrogens is 334 g/mol. The minimum absolute atomic E-state index is 0.0544. The molecule has 2 aliphatic rings. The molecule has 0 aromatic heterocycles. The van der Waals surface area contributed by atoms with Crippen LogP contribution in [0.15, 0.2) is 24.3 Å². The molecule has 142 valence electrons. The van der Waals surface area contributed by atoms with Crippen molar-refractivity contribution in [2.24, 2.45) is 0 Å². The van der Waals surface area contributed by atoms with Gasteiger partial charge in [-0.2, -0.15) is 0 Å². The SMILES string of the molecule is COC1CCN(CC(=O)Nc2ccc(NC(C)=O)cc2)CC12CCCO2. The van der Waals surface area contributed by atoms with E-state index in [4.69, 9.17) is 9.47 Å². The van der Waals surface area contributed by atoms with Crippen LogP contribution in [0.2, 0.25) is 0 Å². The highest BCUT2D eigenvalue weighted by atomic mass is 16.6. The molecule has 2 saturated heterocycles. The van der Waals surface area contributed by atoms with E-state index in [-0.39, 0.29) is 23.5 Å². The molecule has 0 radical (unpaired) electrons. The number of piperidine rings is 1. The lowest BCUT2D eigenvalue weighted by atomic mass is 9.87. The molecule has 0 bridgehead atoms. The number of ether oxygens (including phenoxy) is 2. The van der Waals surface area contributed by atoms with Gasteiger partial charge in [0.05, 0.1) is 12.6 Å². The van der Waals surface area contributed by atoms with Crippen molar-refractivity contribution in [1.29, 1.82) is 0 Å². The Kier molecular flexibility index (Phi) is 5.90. The maximum atomic E-state index is 12.4. The number of methoxy groups -OCH3 is 1. The number of nitrogens with zero attached hydrogens (tertiary/aromatic N) is 1. The van der Waals surface area contributed by atoms with Crippen molar-refractivity contribution in [3.8, 4) is 0 Å². The Bertz CT molecular complexity index is 641. The van der Waals surface area contributed by atoms with E-state index < -0.39 is 0 Å². The highest BCUT2D eigenvalue weighted by Gasteiger charge is 2.47. The first-order chi connectivity index (χ1) is 12.5. The van der Waals surface area contributed by atoms with Gasteiger partial charge in [0.25, 0.3) is 0 Å². The number of rotatable bonds is 5. The Hall–Kier alpha value is -1.96. The Morgan fingerprint density at radius 2 is 1.96 bits per heavy atom. The van der Waals surface area contributed by atoms with E-state index in [1.54, 1.807) is 31.4 Å². The number of carbonyl (C=O) groups excluding carboxylic acids is 2. The molecule has 26 heavy (non-hydrogen) atoms. The number of amides is 2. The lowest BCUT2D eigenvalue weighted by Gasteiger charge is -2.44. The summed E-state index contributed by atoms with van der Waals surface area (Å²) in [6, 6.07) is 7.09. The first-order valence-electron chi connectivity index (χ1n) is 9.07. The standard InChI is InChI=1S/C19H27N3O4/c1-14(23)20-15-4-6-16(7-5-15)21-18(24)12-22-10-8-17(25-2)19(13-22)9-3-11-26-19/h4-7,17H,3,8-13H2,1-2H3,(H,20,23)(H,21,24). The first kappa shape index (κ1) is 18.8. The second-order valence-electron chi connectivity index (χ2n) is 7.05. The normalized spacial score (nSPS) is 26.0. The van der Waals surface area contributed by atoms with Crippen LogP contribution in [0.1, 0.15) is 26.2 Å². The van der Waals surface area contributed by atoms with Crippen LogP contribution in [-0.2, 0) is 19.1 Å². The van der Waals surface area contributed by atoms with Crippen LogP contribution < -0.4 is 10.6 Å². The average molecular weight is 361 g/mol. The van der Waals surface area contributed by atoms with Crippen LogP contribution in [0, 0.1) is 0 Å². The van der Waals surface area contributed by atoms with Gasteiger partial charge in [-0.05, 0) is 43.5 Å². The second kappa shape index (κ2) is 8.16. The van der Waals surface area contributed by atoms with Crippen molar-refractivity contribution >= 4 is 23.2 Å². The lowest BCUT2D eigenvalue weighted by Crippen LogP contribution is -2.58. The molecule has 2 fully saturated rings. The maximum Gasteiger partial charge on any atom is 0.238 e. The van der Waals surface area contributed by atoms with Gasteiger partial charge in [0, 0.05) is 45.1 Å². The van der Waals surface area contributed by atoms with E-state index in [0.29, 0.717) is 17.9 Å². The summed E-state index contributed by atoms with van der Waals surface area (Å²) in [4.78, 5) is 25.6. The van der Waals surface area contributed by atoms with E-state index in [1.165, 1.54) is 6.92 Å². The van der Waals surface area contributed by atoms with Crippen LogP contribution in [0.3, 0.4) is 0 Å². The Balaban J connectivity index is 1.54. The smallest absolute Gasteiger partial charge is 0.238 e. The fraction of sp³-hybridized carbons (Fsp3) is 0.579. The summed E-state index contributed by atoms with van der Waals surface area (Å²) in [6.07, 6.45) is 3.00. The first-order valence-corrected chi connectivity index (χ1v) is 9.07. The molecule has 2 heterocycles. The van der Waals surface area contributed by atoms with Crippen LogP contribution >= 0.6 is 0 Å². The molecule has 2 aliphatic heterocycles. The minimum Gasteiger partial charge on any atom is -0.378 e. The zero-order valence-corrected chi connectivity index (χ0v) is 15.4. The molecule has 2 unspecified atom stereocenters. The summed E-state index contributed by atoms with van der Waals surface area (Å²) < 4.78 is 11.7. The molecule has 0 aliphatic carbocycles. The van der Waals surface area contributed by atoms with Gasteiger partial charge in [0.2, 0.25) is 11.8 Å². The summed E-state index contributed by atoms with van der Waals surface area (Å²) >= 11 is 0. The lowest BCUT2D eigenvalue weighted by molar-refractivity contribution is -0.146. The second-order valence-corrected chi connectivity index (χ2v) is 7.05. The zero-order chi connectivity index (χ0) is 18.6. The molecule has 0 saturated carbocycles. The third kappa shape index (κ3) is 4.41. The average Bonchev–Trinajstić information content (AvgIpc) is 3.05. The van der Waals surface area contributed by atoms with Gasteiger partial charge in [0.1, 0.15) is 5.60 Å². The van der Waals surface area contributed by atoms with Crippen molar-refractivity contribution in [3.05, 3.63) is 24.3 Å². The number of nitrogens with one attached hydrogen (secondary N) is 2. The largest absolute Gasteiger partial charge is 0.378 e. The van der Waals surface area contributed by atoms with E-state index in [1.807, 2.05) is 0 Å². The monoisotopic (exact) mass is 361 g/mol. The molecule has 1 aromatic carbocycles. The molecule has 2 N–H and O–H groups in total. The summed E-state index contributed by atoms with van der Waals surface area (Å²) in [7, 11) is 1.74. The summed E-state index contributed by atoms with van der Waals surface area (Å²) in [5.74, 6) is -0.175. The van der Waals surface area contributed by atoms with Gasteiger partial charge in [-0.25, -0.2) is 0 Å². The molecule has 1 spiro atoms. The third-order valence-electron chi connectivity index (χ3n) is 5.06. The number of hydrogen-bond donors (Lipinski definition) is 2. The van der Waals surface area contributed by atoms with Gasteiger partial charge >= 0.3 is 0 Å². The molecule has 2 atom stereocenters. The van der Waals surface area contributed by atoms with E-state index in [2.05, 4.69) is 15.5 Å². The number of carbonyl (C=O) groups is 2. The summed E-state index contributed by atoms with van der Waals surface area (Å²) in [5.41, 5.74) is 1.15. The fourth-order valence-electron chi connectivity index (χ4n) is 3.93. The van der Waals surface area contributed by atoms with E-state index in [9.17, 15) is 9.59 Å². The Labute approximate surface area is 154 Å². The van der Waals surface area contributed by atoms with Gasteiger partial charge in [-0.3, -0.25) is 14.5 Å². The van der Waals surface area contributed by atoms with Crippen molar-refractivity contribution in [1.82, 2.24) is 4.90 Å². The van der Waals surface area contributed by atoms with Crippen molar-refractivity contribution in [2.45, 2.75) is 37.9 Å². The van der Waals surface area contributed by atoms with Crippen molar-refractivity contribution < 1.29 is 19.1 Å². The predicted molar refractivity (Wildman–Crippen MR) is 99.1 cm³/mol. The molecule has 2 amide bonds. The molecular formula is C19H27N3O4. The zero-order valence-electron chi connectivity index (χ0n) is 15.4.